The Morgan fingerprint density at radius 3 is 2.71 bits per heavy atom. The first-order valence-electron chi connectivity index (χ1n) is 8.01. The molecule has 2 fully saturated rings. The molecular weight excluding hydrogens is 319 g/mol. The van der Waals surface area contributed by atoms with E-state index >= 15 is 0 Å². The zero-order chi connectivity index (χ0) is 17.4. The number of carbonyl (C=O) groups excluding carboxylic acids is 1. The second kappa shape index (κ2) is 6.44. The van der Waals surface area contributed by atoms with Crippen LogP contribution in [0, 0.1) is 40.6 Å². The molecule has 1 amide bonds. The lowest BCUT2D eigenvalue weighted by Crippen LogP contribution is -2.47. The number of carbonyl (C=O) groups is 1. The van der Waals surface area contributed by atoms with Crippen molar-refractivity contribution in [1.82, 2.24) is 4.90 Å². The van der Waals surface area contributed by atoms with Gasteiger partial charge in [-0.05, 0) is 42.7 Å². The van der Waals surface area contributed by atoms with Crippen LogP contribution >= 0.6 is 0 Å². The number of nitriles is 1. The first-order chi connectivity index (χ1) is 11.4. The van der Waals surface area contributed by atoms with E-state index in [1.165, 1.54) is 4.90 Å². The summed E-state index contributed by atoms with van der Waals surface area (Å²) in [5.74, 6) is -3.37. The molecule has 4 atom stereocenters. The van der Waals surface area contributed by atoms with E-state index in [1.807, 2.05) is 0 Å². The van der Waals surface area contributed by atoms with E-state index in [-0.39, 0.29) is 17.9 Å². The molecule has 1 heterocycles. The molecule has 3 rings (SSSR count). The average molecular weight is 337 g/mol. The highest BCUT2D eigenvalue weighted by Crippen LogP contribution is 2.42. The number of fused-ring (bicyclic) bond motifs is 1. The van der Waals surface area contributed by atoms with Gasteiger partial charge in [0.1, 0.15) is 11.9 Å². The summed E-state index contributed by atoms with van der Waals surface area (Å²) < 4.78 is 40.0. The first kappa shape index (κ1) is 16.8. The summed E-state index contributed by atoms with van der Waals surface area (Å²) in [6, 6.07) is 1.74. The third kappa shape index (κ3) is 2.86. The fourth-order valence-electron chi connectivity index (χ4n) is 3.96. The van der Waals surface area contributed by atoms with Gasteiger partial charge in [-0.3, -0.25) is 4.79 Å². The van der Waals surface area contributed by atoms with E-state index in [0.717, 1.165) is 25.3 Å². The molecule has 24 heavy (non-hydrogen) atoms. The molecule has 4 nitrogen and oxygen atoms in total. The van der Waals surface area contributed by atoms with Gasteiger partial charge in [0.2, 0.25) is 5.91 Å². The number of nitrogens with zero attached hydrogens (tertiary/aromatic N) is 2. The first-order valence-corrected chi connectivity index (χ1v) is 8.01. The van der Waals surface area contributed by atoms with Gasteiger partial charge >= 0.3 is 0 Å². The van der Waals surface area contributed by atoms with Gasteiger partial charge in [-0.2, -0.15) is 5.26 Å². The van der Waals surface area contributed by atoms with E-state index in [0.29, 0.717) is 18.5 Å². The van der Waals surface area contributed by atoms with E-state index in [4.69, 9.17) is 5.73 Å². The lowest BCUT2D eigenvalue weighted by molar-refractivity contribution is -0.133. The van der Waals surface area contributed by atoms with Crippen LogP contribution in [0.4, 0.5) is 13.2 Å². The van der Waals surface area contributed by atoms with Crippen molar-refractivity contribution < 1.29 is 18.0 Å². The smallest absolute Gasteiger partial charge is 0.240 e. The summed E-state index contributed by atoms with van der Waals surface area (Å²) in [6.07, 6.45) is 2.72. The largest absolute Gasteiger partial charge is 0.325 e. The molecule has 2 N–H and O–H groups in total. The predicted octanol–water partition coefficient (Wildman–Crippen LogP) is 2.12. The molecule has 0 bridgehead atoms. The van der Waals surface area contributed by atoms with Crippen molar-refractivity contribution in [1.29, 1.82) is 5.26 Å². The molecule has 1 aliphatic carbocycles. The van der Waals surface area contributed by atoms with E-state index in [9.17, 15) is 23.2 Å². The van der Waals surface area contributed by atoms with Gasteiger partial charge in [-0.15, -0.1) is 0 Å². The minimum atomic E-state index is -1.28. The molecular formula is C17H18F3N3O. The topological polar surface area (TPSA) is 70.1 Å². The van der Waals surface area contributed by atoms with Gasteiger partial charge in [-0.1, -0.05) is 6.42 Å². The van der Waals surface area contributed by atoms with Crippen LogP contribution < -0.4 is 5.73 Å². The van der Waals surface area contributed by atoms with Gasteiger partial charge in [0, 0.05) is 12.6 Å². The van der Waals surface area contributed by atoms with E-state index in [2.05, 4.69) is 6.07 Å². The summed E-state index contributed by atoms with van der Waals surface area (Å²) in [5.41, 5.74) is 5.72. The van der Waals surface area contributed by atoms with Gasteiger partial charge in [0.15, 0.2) is 11.6 Å². The van der Waals surface area contributed by atoms with Crippen molar-refractivity contribution in [2.24, 2.45) is 17.6 Å². The molecule has 1 saturated heterocycles. The highest BCUT2D eigenvalue weighted by Gasteiger charge is 2.46. The molecule has 0 aromatic heterocycles. The molecule has 2 aliphatic rings. The molecule has 1 aromatic rings. The summed E-state index contributed by atoms with van der Waals surface area (Å²) in [7, 11) is 0. The van der Waals surface area contributed by atoms with Crippen LogP contribution in [0.25, 0.3) is 0 Å². The van der Waals surface area contributed by atoms with Crippen LogP contribution in [0.2, 0.25) is 0 Å². The summed E-state index contributed by atoms with van der Waals surface area (Å²) in [5, 5.41) is 9.38. The Morgan fingerprint density at radius 1 is 1.29 bits per heavy atom. The highest BCUT2D eigenvalue weighted by molar-refractivity contribution is 5.83. The Labute approximate surface area is 138 Å². The van der Waals surface area contributed by atoms with Crippen molar-refractivity contribution in [2.75, 3.05) is 6.54 Å². The second-order valence-electron chi connectivity index (χ2n) is 6.59. The maximum atomic E-state index is 13.7. The molecule has 0 unspecified atom stereocenters. The monoisotopic (exact) mass is 337 g/mol. The minimum absolute atomic E-state index is 0.150. The van der Waals surface area contributed by atoms with Crippen molar-refractivity contribution in [3.63, 3.8) is 0 Å². The van der Waals surface area contributed by atoms with Gasteiger partial charge in [-0.25, -0.2) is 13.2 Å². The number of benzene rings is 1. The molecule has 0 spiro atoms. The number of nitrogens with two attached hydrogens (primary N) is 1. The zero-order valence-corrected chi connectivity index (χ0v) is 13.0. The van der Waals surface area contributed by atoms with E-state index in [1.54, 1.807) is 0 Å². The second-order valence-corrected chi connectivity index (χ2v) is 6.59. The highest BCUT2D eigenvalue weighted by atomic mass is 19.2. The molecule has 1 aliphatic heterocycles. The van der Waals surface area contributed by atoms with Crippen molar-refractivity contribution in [2.45, 2.75) is 37.8 Å². The van der Waals surface area contributed by atoms with Crippen LogP contribution in [0.15, 0.2) is 12.1 Å². The molecule has 128 valence electrons. The Bertz CT molecular complexity index is 703. The maximum absolute atomic E-state index is 13.7. The van der Waals surface area contributed by atoms with Crippen LogP contribution in [0.5, 0.6) is 0 Å². The van der Waals surface area contributed by atoms with Crippen molar-refractivity contribution in [3.8, 4) is 6.07 Å². The lowest BCUT2D eigenvalue weighted by Gasteiger charge is -2.25. The third-order valence-electron chi connectivity index (χ3n) is 5.15. The molecule has 1 aromatic carbocycles. The number of likely N-dealkylation sites (tertiary alicyclic amines) is 1. The van der Waals surface area contributed by atoms with Crippen LogP contribution in [-0.2, 0) is 11.2 Å². The molecule has 0 radical (unpaired) electrons. The standard InChI is InChI=1S/C17H18F3N3O/c18-12-6-14(20)13(19)4-10(12)5-15(22)17(24)23-8-9-2-1-3-11(9)16(23)7-21/h4,6,9,11,15-16H,1-3,5,8,22H2/t9-,11-,15+,16-/m1/s1. The quantitative estimate of drug-likeness (QED) is 0.859. The van der Waals surface area contributed by atoms with E-state index < -0.39 is 35.4 Å². The number of rotatable bonds is 3. The van der Waals surface area contributed by atoms with Gasteiger partial charge in [0.05, 0.1) is 12.1 Å². The van der Waals surface area contributed by atoms with Crippen LogP contribution in [-0.4, -0.2) is 29.4 Å². The van der Waals surface area contributed by atoms with Gasteiger partial charge in [0.25, 0.3) is 0 Å². The normalized spacial score (nSPS) is 27.0. The SMILES string of the molecule is N#C[C@@H]1[C@@H]2CCC[C@@H]2CN1C(=O)[C@@H](N)Cc1cc(F)c(F)cc1F. The Morgan fingerprint density at radius 2 is 2.00 bits per heavy atom. The van der Waals surface area contributed by atoms with Crippen LogP contribution in [0.3, 0.4) is 0 Å². The number of hydrogen-bond acceptors (Lipinski definition) is 3. The van der Waals surface area contributed by atoms with Gasteiger partial charge < -0.3 is 10.6 Å². The fourth-order valence-corrected chi connectivity index (χ4v) is 3.96. The molecule has 1 saturated carbocycles. The average Bonchev–Trinajstić information content (AvgIpc) is 3.12. The Kier molecular flexibility index (Phi) is 4.50. The fraction of sp³-hybridized carbons (Fsp3) is 0.529. The Balaban J connectivity index is 1.74. The number of amides is 1. The van der Waals surface area contributed by atoms with Crippen molar-refractivity contribution in [3.05, 3.63) is 35.1 Å². The number of hydrogen-bond donors (Lipinski definition) is 1. The Hall–Kier alpha value is -2.07. The summed E-state index contributed by atoms with van der Waals surface area (Å²) in [6.45, 7) is 0.482. The molecule has 7 heteroatoms. The van der Waals surface area contributed by atoms with Crippen LogP contribution in [0.1, 0.15) is 24.8 Å². The summed E-state index contributed by atoms with van der Waals surface area (Å²) >= 11 is 0. The number of halogens is 3. The summed E-state index contributed by atoms with van der Waals surface area (Å²) in [4.78, 5) is 14.0. The zero-order valence-electron chi connectivity index (χ0n) is 13.0. The third-order valence-corrected chi connectivity index (χ3v) is 5.15. The minimum Gasteiger partial charge on any atom is -0.325 e. The van der Waals surface area contributed by atoms with Crippen molar-refractivity contribution >= 4 is 5.91 Å². The maximum Gasteiger partial charge on any atom is 0.240 e. The predicted molar refractivity (Wildman–Crippen MR) is 79.9 cm³/mol. The lowest BCUT2D eigenvalue weighted by atomic mass is 9.95.